The molecule has 1 heterocycles. The fraction of sp³-hybridized carbons (Fsp3) is 0.214. The van der Waals surface area contributed by atoms with Crippen LogP contribution in [0.1, 0.15) is 0 Å². The quantitative estimate of drug-likeness (QED) is 0.798. The maximum Gasteiger partial charge on any atom is 0.219 e. The molecule has 0 saturated carbocycles. The maximum absolute atomic E-state index is 9.39. The molecule has 2 rings (SSSR count). The summed E-state index contributed by atoms with van der Waals surface area (Å²) in [6, 6.07) is 12.9. The van der Waals surface area contributed by atoms with Gasteiger partial charge in [-0.2, -0.15) is 0 Å². The molecule has 0 saturated heterocycles. The van der Waals surface area contributed by atoms with Crippen molar-refractivity contribution in [1.29, 1.82) is 0 Å². The third kappa shape index (κ3) is 4.43. The summed E-state index contributed by atoms with van der Waals surface area (Å²) in [7, 11) is 0. The van der Waals surface area contributed by atoms with Gasteiger partial charge in [0.1, 0.15) is 5.75 Å². The summed E-state index contributed by atoms with van der Waals surface area (Å²) in [6.07, 6.45) is 1.11. The predicted octanol–water partition coefficient (Wildman–Crippen LogP) is 2.89. The molecule has 0 radical (unpaired) electrons. The Morgan fingerprint density at radius 1 is 1.26 bits per heavy atom. The first-order chi connectivity index (χ1) is 9.28. The summed E-state index contributed by atoms with van der Waals surface area (Å²) in [5.74, 6) is 1.43. The second-order valence-corrected chi connectivity index (χ2v) is 4.30. The molecule has 2 aromatic rings. The molecule has 2 N–H and O–H groups in total. The number of hydrogen-bond acceptors (Lipinski definition) is 4. The molecule has 0 aliphatic heterocycles. The summed E-state index contributed by atoms with van der Waals surface area (Å²) in [5, 5.41) is 12.5. The van der Waals surface area contributed by atoms with E-state index in [1.165, 1.54) is 0 Å². The van der Waals surface area contributed by atoms with Gasteiger partial charge in [0.2, 0.25) is 5.88 Å². The van der Waals surface area contributed by atoms with E-state index in [4.69, 9.17) is 16.3 Å². The number of rotatable bonds is 6. The number of benzene rings is 1. The van der Waals surface area contributed by atoms with E-state index >= 15 is 0 Å². The highest BCUT2D eigenvalue weighted by Crippen LogP contribution is 2.22. The Labute approximate surface area is 117 Å². The Hall–Kier alpha value is -1.78. The molecule has 0 aliphatic rings. The van der Waals surface area contributed by atoms with Crippen molar-refractivity contribution in [2.45, 2.75) is 6.10 Å². The van der Waals surface area contributed by atoms with Crippen molar-refractivity contribution >= 4 is 17.3 Å². The molecule has 1 aromatic heterocycles. The molecule has 4 nitrogen and oxygen atoms in total. The average Bonchev–Trinajstić information content (AvgIpc) is 2.46. The number of pyridine rings is 1. The highest BCUT2D eigenvalue weighted by atomic mass is 35.5. The lowest BCUT2D eigenvalue weighted by Crippen LogP contribution is -2.20. The normalized spacial score (nSPS) is 11.9. The Bertz CT molecular complexity index is 508. The lowest BCUT2D eigenvalue weighted by molar-refractivity contribution is 0.211. The maximum atomic E-state index is 9.39. The molecule has 0 amide bonds. The first kappa shape index (κ1) is 13.6. The van der Waals surface area contributed by atoms with E-state index in [0.29, 0.717) is 18.2 Å². The van der Waals surface area contributed by atoms with Crippen LogP contribution in [0, 0.1) is 0 Å². The number of halogens is 1. The average molecular weight is 279 g/mol. The molecule has 1 unspecified atom stereocenters. The highest BCUT2D eigenvalue weighted by Gasteiger charge is 2.03. The van der Waals surface area contributed by atoms with Gasteiger partial charge in [0.05, 0.1) is 12.0 Å². The summed E-state index contributed by atoms with van der Waals surface area (Å²) in [5.41, 5.74) is 0.859. The standard InChI is InChI=1S/C14H15ClN2O2/c15-9-12(18)10-17-11-4-3-5-13(8-11)19-14-6-1-2-7-16-14/h1-8,12,17-18H,9-10H2. The molecule has 0 fully saturated rings. The zero-order valence-corrected chi connectivity index (χ0v) is 11.0. The number of anilines is 1. The van der Waals surface area contributed by atoms with E-state index in [0.717, 1.165) is 5.69 Å². The molecule has 0 aliphatic carbocycles. The number of hydrogen-bond donors (Lipinski definition) is 2. The lowest BCUT2D eigenvalue weighted by atomic mass is 10.3. The van der Waals surface area contributed by atoms with Gasteiger partial charge in [-0.1, -0.05) is 12.1 Å². The third-order valence-electron chi connectivity index (χ3n) is 2.41. The summed E-state index contributed by atoms with van der Waals surface area (Å²) >= 11 is 5.53. The number of alkyl halides is 1. The Balaban J connectivity index is 1.99. The van der Waals surface area contributed by atoms with Crippen molar-refractivity contribution in [2.75, 3.05) is 17.7 Å². The number of nitrogens with zero attached hydrogens (tertiary/aromatic N) is 1. The van der Waals surface area contributed by atoms with E-state index < -0.39 is 6.10 Å². The van der Waals surface area contributed by atoms with Gasteiger partial charge >= 0.3 is 0 Å². The molecule has 5 heteroatoms. The monoisotopic (exact) mass is 278 g/mol. The van der Waals surface area contributed by atoms with Crippen LogP contribution in [-0.2, 0) is 0 Å². The predicted molar refractivity (Wildman–Crippen MR) is 76.0 cm³/mol. The number of aliphatic hydroxyl groups excluding tert-OH is 1. The summed E-state index contributed by atoms with van der Waals surface area (Å²) in [4.78, 5) is 4.09. The van der Waals surface area contributed by atoms with Crippen LogP contribution in [0.3, 0.4) is 0 Å². The zero-order chi connectivity index (χ0) is 13.5. The van der Waals surface area contributed by atoms with Crippen molar-refractivity contribution in [1.82, 2.24) is 4.98 Å². The molecule has 19 heavy (non-hydrogen) atoms. The topological polar surface area (TPSA) is 54.4 Å². The van der Waals surface area contributed by atoms with Crippen LogP contribution in [0.25, 0.3) is 0 Å². The molecule has 100 valence electrons. The second kappa shape index (κ2) is 6.97. The minimum absolute atomic E-state index is 0.205. The van der Waals surface area contributed by atoms with Gasteiger partial charge in [-0.15, -0.1) is 11.6 Å². The van der Waals surface area contributed by atoms with Crippen molar-refractivity contribution in [2.24, 2.45) is 0 Å². The van der Waals surface area contributed by atoms with Crippen LogP contribution in [-0.4, -0.2) is 28.6 Å². The van der Waals surface area contributed by atoms with E-state index in [-0.39, 0.29) is 5.88 Å². The minimum atomic E-state index is -0.568. The number of nitrogens with one attached hydrogen (secondary N) is 1. The molecule has 1 aromatic carbocycles. The fourth-order valence-electron chi connectivity index (χ4n) is 1.49. The van der Waals surface area contributed by atoms with Crippen LogP contribution in [0.15, 0.2) is 48.7 Å². The smallest absolute Gasteiger partial charge is 0.219 e. The van der Waals surface area contributed by atoms with Crippen LogP contribution in [0.4, 0.5) is 5.69 Å². The van der Waals surface area contributed by atoms with Crippen molar-refractivity contribution in [3.8, 4) is 11.6 Å². The van der Waals surface area contributed by atoms with E-state index in [1.807, 2.05) is 36.4 Å². The van der Waals surface area contributed by atoms with Crippen LogP contribution in [0.2, 0.25) is 0 Å². The van der Waals surface area contributed by atoms with Gasteiger partial charge < -0.3 is 15.2 Å². The van der Waals surface area contributed by atoms with E-state index in [9.17, 15) is 5.11 Å². The van der Waals surface area contributed by atoms with E-state index in [1.54, 1.807) is 12.3 Å². The Morgan fingerprint density at radius 3 is 2.89 bits per heavy atom. The molecular formula is C14H15ClN2O2. The molecule has 0 bridgehead atoms. The number of aliphatic hydroxyl groups is 1. The Kier molecular flexibility index (Phi) is 5.01. The molecule has 0 spiro atoms. The summed E-state index contributed by atoms with van der Waals surface area (Å²) < 4.78 is 5.61. The van der Waals surface area contributed by atoms with E-state index in [2.05, 4.69) is 10.3 Å². The fourth-order valence-corrected chi connectivity index (χ4v) is 1.60. The van der Waals surface area contributed by atoms with Gasteiger partial charge in [0, 0.05) is 30.6 Å². The van der Waals surface area contributed by atoms with Gasteiger partial charge in [-0.05, 0) is 18.2 Å². The van der Waals surface area contributed by atoms with Gasteiger partial charge in [-0.25, -0.2) is 4.98 Å². The number of aromatic nitrogens is 1. The zero-order valence-electron chi connectivity index (χ0n) is 10.3. The number of ether oxygens (including phenoxy) is 1. The lowest BCUT2D eigenvalue weighted by Gasteiger charge is -2.11. The SMILES string of the molecule is OC(CCl)CNc1cccc(Oc2ccccn2)c1. The minimum Gasteiger partial charge on any atom is -0.439 e. The van der Waals surface area contributed by atoms with Crippen LogP contribution < -0.4 is 10.1 Å². The molecular weight excluding hydrogens is 264 g/mol. The van der Waals surface area contributed by atoms with Crippen molar-refractivity contribution in [3.63, 3.8) is 0 Å². The third-order valence-corrected chi connectivity index (χ3v) is 2.77. The first-order valence-electron chi connectivity index (χ1n) is 5.95. The van der Waals surface area contributed by atoms with Gasteiger partial charge in [0.25, 0.3) is 0 Å². The van der Waals surface area contributed by atoms with Crippen molar-refractivity contribution in [3.05, 3.63) is 48.7 Å². The van der Waals surface area contributed by atoms with Crippen LogP contribution in [0.5, 0.6) is 11.6 Å². The summed E-state index contributed by atoms with van der Waals surface area (Å²) in [6.45, 7) is 0.399. The largest absolute Gasteiger partial charge is 0.439 e. The molecule has 1 atom stereocenters. The highest BCUT2D eigenvalue weighted by molar-refractivity contribution is 6.18. The van der Waals surface area contributed by atoms with Crippen molar-refractivity contribution < 1.29 is 9.84 Å². The van der Waals surface area contributed by atoms with Gasteiger partial charge in [-0.3, -0.25) is 0 Å². The van der Waals surface area contributed by atoms with Gasteiger partial charge in [0.15, 0.2) is 0 Å². The second-order valence-electron chi connectivity index (χ2n) is 3.99. The van der Waals surface area contributed by atoms with Crippen LogP contribution >= 0.6 is 11.6 Å². The Morgan fingerprint density at radius 2 is 2.16 bits per heavy atom. The first-order valence-corrected chi connectivity index (χ1v) is 6.48.